The summed E-state index contributed by atoms with van der Waals surface area (Å²) in [7, 11) is 0. The number of halogens is 1. The Kier molecular flexibility index (Phi) is 5.53. The van der Waals surface area contributed by atoms with Crippen molar-refractivity contribution in [2.45, 2.75) is 26.7 Å². The summed E-state index contributed by atoms with van der Waals surface area (Å²) < 4.78 is 0. The number of carbonyl (C=O) groups is 2. The van der Waals surface area contributed by atoms with Gasteiger partial charge < -0.3 is 10.2 Å². The van der Waals surface area contributed by atoms with Gasteiger partial charge in [-0.1, -0.05) is 31.5 Å². The van der Waals surface area contributed by atoms with Gasteiger partial charge in [-0.2, -0.15) is 0 Å². The van der Waals surface area contributed by atoms with E-state index >= 15 is 0 Å². The number of nitrogens with zero attached hydrogens (tertiary/aromatic N) is 1. The van der Waals surface area contributed by atoms with Crippen LogP contribution >= 0.6 is 23.4 Å². The maximum Gasteiger partial charge on any atom is 0.244 e. The summed E-state index contributed by atoms with van der Waals surface area (Å²) in [5.41, 5.74) is 2.81. The number of carbonyl (C=O) groups excluding carboxylic acids is 2. The third-order valence-electron chi connectivity index (χ3n) is 3.50. The van der Waals surface area contributed by atoms with Crippen LogP contribution in [0, 0.1) is 0 Å². The first-order chi connectivity index (χ1) is 10.1. The molecule has 1 aromatic carbocycles. The second-order valence-electron chi connectivity index (χ2n) is 4.88. The van der Waals surface area contributed by atoms with Gasteiger partial charge in [0.15, 0.2) is 0 Å². The van der Waals surface area contributed by atoms with E-state index in [0.29, 0.717) is 16.7 Å². The van der Waals surface area contributed by atoms with Gasteiger partial charge in [0.1, 0.15) is 6.54 Å². The average molecular weight is 327 g/mol. The first-order valence-electron chi connectivity index (χ1n) is 7.02. The van der Waals surface area contributed by atoms with Gasteiger partial charge in [-0.3, -0.25) is 9.59 Å². The summed E-state index contributed by atoms with van der Waals surface area (Å²) in [6.07, 6.45) is 1.57. The average Bonchev–Trinajstić information content (AvgIpc) is 2.85. The molecule has 6 heteroatoms. The first kappa shape index (κ1) is 16.2. The van der Waals surface area contributed by atoms with E-state index in [-0.39, 0.29) is 18.4 Å². The fourth-order valence-corrected chi connectivity index (χ4v) is 3.55. The number of anilines is 1. The van der Waals surface area contributed by atoms with Crippen LogP contribution in [0.4, 0.5) is 5.69 Å². The largest absolute Gasteiger partial charge is 0.324 e. The van der Waals surface area contributed by atoms with Crippen LogP contribution in [0.15, 0.2) is 12.1 Å². The zero-order chi connectivity index (χ0) is 15.4. The van der Waals surface area contributed by atoms with Gasteiger partial charge in [0, 0.05) is 10.7 Å². The molecule has 21 heavy (non-hydrogen) atoms. The fourth-order valence-electron chi connectivity index (χ4n) is 2.36. The highest BCUT2D eigenvalue weighted by atomic mass is 35.5. The maximum absolute atomic E-state index is 12.2. The molecule has 1 fully saturated rings. The molecule has 0 bridgehead atoms. The molecule has 0 atom stereocenters. The van der Waals surface area contributed by atoms with Crippen LogP contribution < -0.4 is 5.32 Å². The summed E-state index contributed by atoms with van der Waals surface area (Å²) in [6.45, 7) is 4.15. The van der Waals surface area contributed by atoms with Crippen LogP contribution in [-0.2, 0) is 22.4 Å². The maximum atomic E-state index is 12.2. The first-order valence-corrected chi connectivity index (χ1v) is 8.55. The van der Waals surface area contributed by atoms with E-state index in [4.69, 9.17) is 11.6 Å². The summed E-state index contributed by atoms with van der Waals surface area (Å²) in [5.74, 6) is 0.902. The van der Waals surface area contributed by atoms with Crippen molar-refractivity contribution in [2.24, 2.45) is 0 Å². The molecule has 1 aromatic rings. The van der Waals surface area contributed by atoms with Gasteiger partial charge in [-0.05, 0) is 30.0 Å². The van der Waals surface area contributed by atoms with Crippen LogP contribution in [0.1, 0.15) is 25.0 Å². The van der Waals surface area contributed by atoms with Gasteiger partial charge in [-0.25, -0.2) is 0 Å². The highest BCUT2D eigenvalue weighted by Crippen LogP contribution is 2.29. The molecule has 1 saturated heterocycles. The van der Waals surface area contributed by atoms with E-state index in [9.17, 15) is 9.59 Å². The van der Waals surface area contributed by atoms with E-state index in [1.54, 1.807) is 4.90 Å². The van der Waals surface area contributed by atoms with Crippen LogP contribution in [0.25, 0.3) is 0 Å². The smallest absolute Gasteiger partial charge is 0.244 e. The van der Waals surface area contributed by atoms with Crippen LogP contribution in [0.3, 0.4) is 0 Å². The van der Waals surface area contributed by atoms with E-state index in [1.807, 2.05) is 26.0 Å². The van der Waals surface area contributed by atoms with E-state index in [2.05, 4.69) is 5.32 Å². The SMILES string of the molecule is CCc1ccc(Cl)c(CC)c1NC(=O)CN1CSCC1=O. The van der Waals surface area contributed by atoms with Gasteiger partial charge in [0.25, 0.3) is 0 Å². The third-order valence-corrected chi connectivity index (χ3v) is 4.80. The molecule has 0 saturated carbocycles. The van der Waals surface area contributed by atoms with Crippen molar-refractivity contribution >= 4 is 40.9 Å². The van der Waals surface area contributed by atoms with Crippen molar-refractivity contribution in [3.8, 4) is 0 Å². The lowest BCUT2D eigenvalue weighted by molar-refractivity contribution is -0.130. The Morgan fingerprint density at radius 2 is 2.14 bits per heavy atom. The summed E-state index contributed by atoms with van der Waals surface area (Å²) >= 11 is 7.75. The second kappa shape index (κ2) is 7.18. The van der Waals surface area contributed by atoms with E-state index in [1.165, 1.54) is 11.8 Å². The second-order valence-corrected chi connectivity index (χ2v) is 6.25. The van der Waals surface area contributed by atoms with Crippen LogP contribution in [0.2, 0.25) is 5.02 Å². The zero-order valence-corrected chi connectivity index (χ0v) is 13.8. The molecule has 0 aliphatic carbocycles. The number of nitrogens with one attached hydrogen (secondary N) is 1. The number of rotatable bonds is 5. The Labute approximate surface area is 134 Å². The van der Waals surface area contributed by atoms with Crippen molar-refractivity contribution in [3.63, 3.8) is 0 Å². The molecular formula is C15H19ClN2O2S. The molecular weight excluding hydrogens is 308 g/mol. The van der Waals surface area contributed by atoms with Gasteiger partial charge in [0.2, 0.25) is 11.8 Å². The molecule has 1 heterocycles. The lowest BCUT2D eigenvalue weighted by atomic mass is 10.0. The minimum atomic E-state index is -0.169. The highest BCUT2D eigenvalue weighted by molar-refractivity contribution is 8.00. The summed E-state index contributed by atoms with van der Waals surface area (Å²) in [6, 6.07) is 3.81. The normalized spacial score (nSPS) is 14.6. The molecule has 1 aliphatic heterocycles. The summed E-state index contributed by atoms with van der Waals surface area (Å²) in [4.78, 5) is 25.3. The Hall–Kier alpha value is -1.20. The van der Waals surface area contributed by atoms with Gasteiger partial charge >= 0.3 is 0 Å². The minimum absolute atomic E-state index is 0.0210. The number of thioether (sulfide) groups is 1. The molecule has 1 N–H and O–H groups in total. The monoisotopic (exact) mass is 326 g/mol. The van der Waals surface area contributed by atoms with Crippen molar-refractivity contribution in [1.29, 1.82) is 0 Å². The number of hydrogen-bond acceptors (Lipinski definition) is 3. The molecule has 0 unspecified atom stereocenters. The van der Waals surface area contributed by atoms with Gasteiger partial charge in [-0.15, -0.1) is 11.8 Å². The molecule has 2 rings (SSSR count). The standard InChI is InChI=1S/C15H19ClN2O2S/c1-3-10-5-6-12(16)11(4-2)15(10)17-13(19)7-18-9-21-8-14(18)20/h5-6H,3-4,7-9H2,1-2H3,(H,17,19). The quantitative estimate of drug-likeness (QED) is 0.905. The van der Waals surface area contributed by atoms with Crippen LogP contribution in [0.5, 0.6) is 0 Å². The highest BCUT2D eigenvalue weighted by Gasteiger charge is 2.23. The number of hydrogen-bond donors (Lipinski definition) is 1. The number of benzene rings is 1. The predicted molar refractivity (Wildman–Crippen MR) is 87.9 cm³/mol. The molecule has 0 spiro atoms. The third kappa shape index (κ3) is 3.71. The Morgan fingerprint density at radius 3 is 2.71 bits per heavy atom. The van der Waals surface area contributed by atoms with Crippen molar-refractivity contribution < 1.29 is 9.59 Å². The predicted octanol–water partition coefficient (Wildman–Crippen LogP) is 2.94. The van der Waals surface area contributed by atoms with E-state index < -0.39 is 0 Å². The summed E-state index contributed by atoms with van der Waals surface area (Å²) in [5, 5.41) is 3.61. The zero-order valence-electron chi connectivity index (χ0n) is 12.2. The Bertz CT molecular complexity index is 563. The lowest BCUT2D eigenvalue weighted by Gasteiger charge is -2.18. The molecule has 114 valence electrons. The van der Waals surface area contributed by atoms with Crippen LogP contribution in [-0.4, -0.2) is 34.9 Å². The van der Waals surface area contributed by atoms with Gasteiger partial charge in [0.05, 0.1) is 11.6 Å². The lowest BCUT2D eigenvalue weighted by Crippen LogP contribution is -2.34. The molecule has 1 aliphatic rings. The topological polar surface area (TPSA) is 49.4 Å². The minimum Gasteiger partial charge on any atom is -0.324 e. The fraction of sp³-hybridized carbons (Fsp3) is 0.467. The molecule has 2 amide bonds. The van der Waals surface area contributed by atoms with Crippen molar-refractivity contribution in [2.75, 3.05) is 23.5 Å². The Balaban J connectivity index is 2.16. The number of amides is 2. The molecule has 0 aromatic heterocycles. The van der Waals surface area contributed by atoms with Crippen molar-refractivity contribution in [3.05, 3.63) is 28.3 Å². The number of aryl methyl sites for hydroxylation is 1. The molecule has 4 nitrogen and oxygen atoms in total. The van der Waals surface area contributed by atoms with Crippen molar-refractivity contribution in [1.82, 2.24) is 4.90 Å². The Morgan fingerprint density at radius 1 is 1.38 bits per heavy atom. The van der Waals surface area contributed by atoms with E-state index in [0.717, 1.165) is 29.7 Å². The molecule has 0 radical (unpaired) electrons.